The Hall–Kier alpha value is -3.15. The molecule has 0 N–H and O–H groups in total. The van der Waals surface area contributed by atoms with Crippen molar-refractivity contribution in [1.29, 1.82) is 0 Å². The van der Waals surface area contributed by atoms with E-state index in [0.717, 1.165) is 46.7 Å². The normalized spacial score (nSPS) is 18.2. The van der Waals surface area contributed by atoms with Gasteiger partial charge in [0.15, 0.2) is 0 Å². The highest BCUT2D eigenvalue weighted by Crippen LogP contribution is 2.44. The molecule has 30 heavy (non-hydrogen) atoms. The molecule has 1 aliphatic carbocycles. The second-order valence-corrected chi connectivity index (χ2v) is 8.27. The van der Waals surface area contributed by atoms with Gasteiger partial charge < -0.3 is 9.64 Å². The molecular formula is C24H26N4O2. The predicted molar refractivity (Wildman–Crippen MR) is 115 cm³/mol. The quantitative estimate of drug-likeness (QED) is 0.628. The number of nitrogens with zero attached hydrogens (tertiary/aromatic N) is 4. The summed E-state index contributed by atoms with van der Waals surface area (Å²) in [6, 6.07) is 10.7. The molecule has 5 rings (SSSR count). The van der Waals surface area contributed by atoms with Gasteiger partial charge >= 0.3 is 0 Å². The molecule has 1 saturated carbocycles. The number of amides is 1. The summed E-state index contributed by atoms with van der Waals surface area (Å²) in [5, 5.41) is 4.57. The number of aromatic nitrogens is 3. The molecule has 1 atom stereocenters. The van der Waals surface area contributed by atoms with Gasteiger partial charge in [-0.1, -0.05) is 6.07 Å². The van der Waals surface area contributed by atoms with Gasteiger partial charge in [-0.2, -0.15) is 5.10 Å². The zero-order valence-corrected chi connectivity index (χ0v) is 17.4. The van der Waals surface area contributed by atoms with E-state index in [9.17, 15) is 4.79 Å². The third-order valence-corrected chi connectivity index (χ3v) is 6.01. The SMILES string of the molecule is CC(=O)N1c2ccc(-c3cnn(C4CC4)c3)c(OCc3ccccn3)c2CC[C@@H]1C. The van der Waals surface area contributed by atoms with E-state index < -0.39 is 0 Å². The standard InChI is InChI=1S/C24H26N4O2/c1-16-6-9-22-23(28(16)17(2)29)11-10-21(18-13-26-27(14-18)20-7-8-20)24(22)30-15-19-5-3-4-12-25-19/h3-5,10-14,16,20H,6-9,15H2,1-2H3/t16-/m0/s1. The van der Waals surface area contributed by atoms with Crippen molar-refractivity contribution in [3.8, 4) is 16.9 Å². The summed E-state index contributed by atoms with van der Waals surface area (Å²) in [4.78, 5) is 18.7. The average Bonchev–Trinajstić information content (AvgIpc) is 3.49. The van der Waals surface area contributed by atoms with Crippen molar-refractivity contribution in [2.45, 2.75) is 58.2 Å². The van der Waals surface area contributed by atoms with Crippen molar-refractivity contribution < 1.29 is 9.53 Å². The topological polar surface area (TPSA) is 60.2 Å². The van der Waals surface area contributed by atoms with Crippen LogP contribution in [0.15, 0.2) is 48.9 Å². The molecule has 0 saturated heterocycles. The minimum absolute atomic E-state index is 0.0634. The van der Waals surface area contributed by atoms with Crippen LogP contribution in [0, 0.1) is 0 Å². The largest absolute Gasteiger partial charge is 0.486 e. The van der Waals surface area contributed by atoms with Crippen LogP contribution in [0.1, 0.15) is 50.4 Å². The highest BCUT2D eigenvalue weighted by molar-refractivity contribution is 5.95. The van der Waals surface area contributed by atoms with Crippen LogP contribution in [0.25, 0.3) is 11.1 Å². The van der Waals surface area contributed by atoms with Crippen LogP contribution >= 0.6 is 0 Å². The highest BCUT2D eigenvalue weighted by atomic mass is 16.5. The van der Waals surface area contributed by atoms with Gasteiger partial charge in [0.1, 0.15) is 12.4 Å². The van der Waals surface area contributed by atoms with Gasteiger partial charge in [-0.3, -0.25) is 14.5 Å². The molecule has 3 heterocycles. The van der Waals surface area contributed by atoms with Crippen LogP contribution in [0.5, 0.6) is 5.75 Å². The number of rotatable bonds is 5. The summed E-state index contributed by atoms with van der Waals surface area (Å²) in [7, 11) is 0. The molecule has 0 unspecified atom stereocenters. The van der Waals surface area contributed by atoms with Crippen LogP contribution in [0.4, 0.5) is 5.69 Å². The molecule has 1 fully saturated rings. The van der Waals surface area contributed by atoms with Crippen molar-refractivity contribution >= 4 is 11.6 Å². The number of ether oxygens (including phenoxy) is 1. The molecule has 2 aliphatic rings. The monoisotopic (exact) mass is 402 g/mol. The first-order chi connectivity index (χ1) is 14.6. The molecule has 3 aromatic rings. The number of carbonyl (C=O) groups is 1. The Kier molecular flexibility index (Phi) is 4.77. The van der Waals surface area contributed by atoms with Gasteiger partial charge in [0.05, 0.1) is 23.6 Å². The Bertz CT molecular complexity index is 1070. The van der Waals surface area contributed by atoms with Crippen LogP contribution < -0.4 is 9.64 Å². The molecule has 0 spiro atoms. The number of pyridine rings is 1. The highest BCUT2D eigenvalue weighted by Gasteiger charge is 2.30. The third kappa shape index (κ3) is 3.47. The molecule has 6 heteroatoms. The molecule has 2 aromatic heterocycles. The van der Waals surface area contributed by atoms with Gasteiger partial charge in [-0.15, -0.1) is 0 Å². The zero-order chi connectivity index (χ0) is 20.7. The molecule has 6 nitrogen and oxygen atoms in total. The van der Waals surface area contributed by atoms with Gasteiger partial charge in [-0.05, 0) is 56.9 Å². The zero-order valence-electron chi connectivity index (χ0n) is 17.4. The first kappa shape index (κ1) is 18.9. The van der Waals surface area contributed by atoms with Crippen LogP contribution in [0.3, 0.4) is 0 Å². The van der Waals surface area contributed by atoms with E-state index in [2.05, 4.69) is 40.0 Å². The van der Waals surface area contributed by atoms with Crippen LogP contribution in [-0.2, 0) is 17.8 Å². The van der Waals surface area contributed by atoms with Crippen molar-refractivity contribution in [2.24, 2.45) is 0 Å². The number of hydrogen-bond donors (Lipinski definition) is 0. The molecule has 0 radical (unpaired) electrons. The summed E-state index contributed by atoms with van der Waals surface area (Å²) >= 11 is 0. The Balaban J connectivity index is 1.58. The fraction of sp³-hybridized carbons (Fsp3) is 0.375. The van der Waals surface area contributed by atoms with Crippen molar-refractivity contribution in [3.63, 3.8) is 0 Å². The van der Waals surface area contributed by atoms with Gasteiger partial charge in [0, 0.05) is 42.0 Å². The first-order valence-electron chi connectivity index (χ1n) is 10.6. The summed E-state index contributed by atoms with van der Waals surface area (Å²) in [5.74, 6) is 0.903. The fourth-order valence-electron chi connectivity index (χ4n) is 4.32. The third-order valence-electron chi connectivity index (χ3n) is 6.01. The Morgan fingerprint density at radius 3 is 2.80 bits per heavy atom. The fourth-order valence-corrected chi connectivity index (χ4v) is 4.32. The maximum atomic E-state index is 12.4. The minimum Gasteiger partial charge on any atom is -0.486 e. The average molecular weight is 402 g/mol. The van der Waals surface area contributed by atoms with E-state index in [0.29, 0.717) is 12.6 Å². The number of carbonyl (C=O) groups excluding carboxylic acids is 1. The predicted octanol–water partition coefficient (Wildman–Crippen LogP) is 4.55. The lowest BCUT2D eigenvalue weighted by Gasteiger charge is -2.36. The molecule has 0 bridgehead atoms. The number of hydrogen-bond acceptors (Lipinski definition) is 4. The van der Waals surface area contributed by atoms with Crippen molar-refractivity contribution in [3.05, 3.63) is 60.2 Å². The summed E-state index contributed by atoms with van der Waals surface area (Å²) < 4.78 is 8.44. The summed E-state index contributed by atoms with van der Waals surface area (Å²) in [6.45, 7) is 4.12. The number of benzene rings is 1. The van der Waals surface area contributed by atoms with E-state index in [1.807, 2.05) is 29.3 Å². The lowest BCUT2D eigenvalue weighted by atomic mass is 9.92. The molecule has 154 valence electrons. The van der Waals surface area contributed by atoms with Gasteiger partial charge in [0.25, 0.3) is 0 Å². The van der Waals surface area contributed by atoms with Crippen molar-refractivity contribution in [2.75, 3.05) is 4.90 Å². The smallest absolute Gasteiger partial charge is 0.224 e. The second-order valence-electron chi connectivity index (χ2n) is 8.27. The van der Waals surface area contributed by atoms with E-state index in [1.165, 1.54) is 12.8 Å². The Labute approximate surface area is 176 Å². The lowest BCUT2D eigenvalue weighted by molar-refractivity contribution is -0.117. The van der Waals surface area contributed by atoms with Crippen molar-refractivity contribution in [1.82, 2.24) is 14.8 Å². The first-order valence-corrected chi connectivity index (χ1v) is 10.6. The van der Waals surface area contributed by atoms with Crippen LogP contribution in [-0.4, -0.2) is 26.7 Å². The molecule has 1 amide bonds. The Morgan fingerprint density at radius 1 is 1.20 bits per heavy atom. The van der Waals surface area contributed by atoms with E-state index in [1.54, 1.807) is 13.1 Å². The summed E-state index contributed by atoms with van der Waals surface area (Å²) in [5.41, 5.74) is 5.00. The molecule has 1 aliphatic heterocycles. The maximum absolute atomic E-state index is 12.4. The summed E-state index contributed by atoms with van der Waals surface area (Å²) in [6.07, 6.45) is 9.99. The van der Waals surface area contributed by atoms with E-state index in [4.69, 9.17) is 4.74 Å². The minimum atomic E-state index is 0.0634. The van der Waals surface area contributed by atoms with Crippen LogP contribution in [0.2, 0.25) is 0 Å². The molecular weight excluding hydrogens is 376 g/mol. The second kappa shape index (κ2) is 7.59. The molecule has 1 aromatic carbocycles. The number of anilines is 1. The van der Waals surface area contributed by atoms with E-state index >= 15 is 0 Å². The lowest BCUT2D eigenvalue weighted by Crippen LogP contribution is -2.40. The van der Waals surface area contributed by atoms with E-state index in [-0.39, 0.29) is 11.9 Å². The Morgan fingerprint density at radius 2 is 2.07 bits per heavy atom. The van der Waals surface area contributed by atoms with Gasteiger partial charge in [-0.25, -0.2) is 0 Å². The van der Waals surface area contributed by atoms with Gasteiger partial charge in [0.2, 0.25) is 5.91 Å². The maximum Gasteiger partial charge on any atom is 0.224 e. The number of fused-ring (bicyclic) bond motifs is 1.